The van der Waals surface area contributed by atoms with Gasteiger partial charge in [0.1, 0.15) is 11.6 Å². The van der Waals surface area contributed by atoms with E-state index in [0.717, 1.165) is 42.4 Å². The first-order valence-corrected chi connectivity index (χ1v) is 9.30. The first-order chi connectivity index (χ1) is 12.1. The smallest absolute Gasteiger partial charge is 0.219 e. The van der Waals surface area contributed by atoms with Crippen molar-refractivity contribution in [1.29, 1.82) is 0 Å². The van der Waals surface area contributed by atoms with Crippen molar-refractivity contribution in [3.63, 3.8) is 0 Å². The highest BCUT2D eigenvalue weighted by Crippen LogP contribution is 2.25. The molecule has 0 spiro atoms. The average Bonchev–Trinajstić information content (AvgIpc) is 3.06. The molecule has 3 aromatic rings. The fourth-order valence-electron chi connectivity index (χ4n) is 3.28. The molecule has 2 aromatic heterocycles. The number of anilines is 1. The number of hydrogen-bond acceptors (Lipinski definition) is 5. The number of nitrogens with one attached hydrogen (secondary N) is 1. The van der Waals surface area contributed by atoms with Crippen LogP contribution in [0.25, 0.3) is 10.1 Å². The molecule has 0 saturated heterocycles. The first-order valence-electron chi connectivity index (χ1n) is 8.42. The third-order valence-electron chi connectivity index (χ3n) is 4.60. The second kappa shape index (κ2) is 6.44. The normalized spacial score (nSPS) is 13.8. The van der Waals surface area contributed by atoms with Crippen LogP contribution in [0.2, 0.25) is 0 Å². The van der Waals surface area contributed by atoms with Gasteiger partial charge in [-0.3, -0.25) is 4.79 Å². The summed E-state index contributed by atoms with van der Waals surface area (Å²) in [6.45, 7) is 5.54. The average molecular weight is 352 g/mol. The second-order valence-corrected chi connectivity index (χ2v) is 7.33. The van der Waals surface area contributed by atoms with Crippen molar-refractivity contribution in [3.8, 4) is 0 Å². The van der Waals surface area contributed by atoms with Gasteiger partial charge in [0, 0.05) is 30.3 Å². The van der Waals surface area contributed by atoms with Gasteiger partial charge in [-0.1, -0.05) is 6.07 Å². The summed E-state index contributed by atoms with van der Waals surface area (Å²) in [5, 5.41) is 6.88. The number of nitrogens with zero attached hydrogens (tertiary/aromatic N) is 3. The molecular weight excluding hydrogens is 332 g/mol. The quantitative estimate of drug-likeness (QED) is 0.784. The third kappa shape index (κ3) is 3.22. The molecule has 1 aliphatic rings. The molecule has 0 atom stereocenters. The monoisotopic (exact) mass is 352 g/mol. The molecule has 0 radical (unpaired) electrons. The van der Waals surface area contributed by atoms with E-state index in [1.807, 2.05) is 11.8 Å². The van der Waals surface area contributed by atoms with Crippen molar-refractivity contribution >= 4 is 33.1 Å². The second-order valence-electron chi connectivity index (χ2n) is 6.38. The molecule has 128 valence electrons. The molecule has 1 aromatic carbocycles. The minimum atomic E-state index is 0.0977. The molecule has 4 rings (SSSR count). The number of benzene rings is 1. The van der Waals surface area contributed by atoms with E-state index in [1.54, 1.807) is 18.3 Å². The SMILES string of the molecule is CC(=O)N1CCc2c(nc(C)nc2NCc2ccc3sccc3c2)C1. The molecule has 5 nitrogen and oxygen atoms in total. The zero-order chi connectivity index (χ0) is 17.4. The zero-order valence-corrected chi connectivity index (χ0v) is 15.2. The molecule has 1 aliphatic heterocycles. The van der Waals surface area contributed by atoms with Gasteiger partial charge in [0.15, 0.2) is 0 Å². The highest BCUT2D eigenvalue weighted by Gasteiger charge is 2.23. The maximum absolute atomic E-state index is 11.6. The molecule has 0 unspecified atom stereocenters. The number of thiophene rings is 1. The van der Waals surface area contributed by atoms with Crippen molar-refractivity contribution in [2.24, 2.45) is 0 Å². The summed E-state index contributed by atoms with van der Waals surface area (Å²) in [4.78, 5) is 22.6. The molecule has 3 heterocycles. The van der Waals surface area contributed by atoms with Crippen LogP contribution < -0.4 is 5.32 Å². The predicted octanol–water partition coefficient (Wildman–Crippen LogP) is 3.52. The van der Waals surface area contributed by atoms with Crippen molar-refractivity contribution < 1.29 is 4.79 Å². The highest BCUT2D eigenvalue weighted by molar-refractivity contribution is 7.17. The van der Waals surface area contributed by atoms with Crippen LogP contribution in [0, 0.1) is 6.92 Å². The largest absolute Gasteiger partial charge is 0.366 e. The molecule has 6 heteroatoms. The zero-order valence-electron chi connectivity index (χ0n) is 14.4. The van der Waals surface area contributed by atoms with E-state index >= 15 is 0 Å². The van der Waals surface area contributed by atoms with Gasteiger partial charge >= 0.3 is 0 Å². The van der Waals surface area contributed by atoms with E-state index in [4.69, 9.17) is 0 Å². The summed E-state index contributed by atoms with van der Waals surface area (Å²) < 4.78 is 1.31. The summed E-state index contributed by atoms with van der Waals surface area (Å²) >= 11 is 1.76. The van der Waals surface area contributed by atoms with Crippen molar-refractivity contribution in [1.82, 2.24) is 14.9 Å². The lowest BCUT2D eigenvalue weighted by molar-refractivity contribution is -0.129. The molecular formula is C19H20N4OS. The first kappa shape index (κ1) is 16.0. The van der Waals surface area contributed by atoms with Gasteiger partial charge in [0.2, 0.25) is 5.91 Å². The lowest BCUT2D eigenvalue weighted by Gasteiger charge is -2.28. The third-order valence-corrected chi connectivity index (χ3v) is 5.50. The van der Waals surface area contributed by atoms with Crippen LogP contribution in [-0.2, 0) is 24.3 Å². The van der Waals surface area contributed by atoms with E-state index in [2.05, 4.69) is 44.9 Å². The van der Waals surface area contributed by atoms with Crippen molar-refractivity contribution in [2.45, 2.75) is 33.4 Å². The van der Waals surface area contributed by atoms with Crippen molar-refractivity contribution in [3.05, 3.63) is 52.3 Å². The van der Waals surface area contributed by atoms with Crippen LogP contribution in [0.3, 0.4) is 0 Å². The molecule has 0 aliphatic carbocycles. The summed E-state index contributed by atoms with van der Waals surface area (Å²) in [5.74, 6) is 1.73. The van der Waals surface area contributed by atoms with Gasteiger partial charge < -0.3 is 10.2 Å². The minimum absolute atomic E-state index is 0.0977. The van der Waals surface area contributed by atoms with E-state index in [1.165, 1.54) is 15.6 Å². The van der Waals surface area contributed by atoms with Crippen molar-refractivity contribution in [2.75, 3.05) is 11.9 Å². The maximum atomic E-state index is 11.6. The standard InChI is InChI=1S/C19H20N4OS/c1-12-21-17-11-23(13(2)24)7-5-16(17)19(22-12)20-10-14-3-4-18-15(9-14)6-8-25-18/h3-4,6,8-9H,5,7,10-11H2,1-2H3,(H,20,21,22). The summed E-state index contributed by atoms with van der Waals surface area (Å²) in [7, 11) is 0. The van der Waals surface area contributed by atoms with Gasteiger partial charge in [-0.2, -0.15) is 0 Å². The topological polar surface area (TPSA) is 58.1 Å². The van der Waals surface area contributed by atoms with Crippen LogP contribution in [0.15, 0.2) is 29.6 Å². The Hall–Kier alpha value is -2.47. The Balaban J connectivity index is 1.57. The minimum Gasteiger partial charge on any atom is -0.366 e. The van der Waals surface area contributed by atoms with E-state index < -0.39 is 0 Å². The lowest BCUT2D eigenvalue weighted by Crippen LogP contribution is -2.35. The summed E-state index contributed by atoms with van der Waals surface area (Å²) in [5.41, 5.74) is 3.33. The number of carbonyl (C=O) groups excluding carboxylic acids is 1. The summed E-state index contributed by atoms with van der Waals surface area (Å²) in [6, 6.07) is 8.69. The van der Waals surface area contributed by atoms with E-state index in [-0.39, 0.29) is 5.91 Å². The molecule has 25 heavy (non-hydrogen) atoms. The van der Waals surface area contributed by atoms with Crippen LogP contribution >= 0.6 is 11.3 Å². The number of fused-ring (bicyclic) bond motifs is 2. The Labute approximate surface area is 150 Å². The summed E-state index contributed by atoms with van der Waals surface area (Å²) in [6.07, 6.45) is 0.793. The fraction of sp³-hybridized carbons (Fsp3) is 0.316. The van der Waals surface area contributed by atoms with Gasteiger partial charge in [-0.05, 0) is 47.9 Å². The lowest BCUT2D eigenvalue weighted by atomic mass is 10.0. The maximum Gasteiger partial charge on any atom is 0.219 e. The number of carbonyl (C=O) groups is 1. The molecule has 1 amide bonds. The Bertz CT molecular complexity index is 950. The van der Waals surface area contributed by atoms with Gasteiger partial charge in [0.05, 0.1) is 12.2 Å². The predicted molar refractivity (Wildman–Crippen MR) is 101 cm³/mol. The van der Waals surface area contributed by atoms with E-state index in [9.17, 15) is 4.79 Å². The van der Waals surface area contributed by atoms with E-state index in [0.29, 0.717) is 6.54 Å². The van der Waals surface area contributed by atoms with Gasteiger partial charge in [-0.25, -0.2) is 9.97 Å². The van der Waals surface area contributed by atoms with Crippen LogP contribution in [0.5, 0.6) is 0 Å². The fourth-order valence-corrected chi connectivity index (χ4v) is 4.05. The van der Waals surface area contributed by atoms with Crippen LogP contribution in [0.4, 0.5) is 5.82 Å². The number of hydrogen-bond donors (Lipinski definition) is 1. The highest BCUT2D eigenvalue weighted by atomic mass is 32.1. The molecule has 0 saturated carbocycles. The number of aromatic nitrogens is 2. The number of amides is 1. The van der Waals surface area contributed by atoms with Gasteiger partial charge in [-0.15, -0.1) is 11.3 Å². The number of rotatable bonds is 3. The Morgan fingerprint density at radius 1 is 1.32 bits per heavy atom. The number of aryl methyl sites for hydroxylation is 1. The Morgan fingerprint density at radius 2 is 2.20 bits per heavy atom. The van der Waals surface area contributed by atoms with Gasteiger partial charge in [0.25, 0.3) is 0 Å². The molecule has 0 fully saturated rings. The Morgan fingerprint density at radius 3 is 3.04 bits per heavy atom. The molecule has 0 bridgehead atoms. The van der Waals surface area contributed by atoms with Crippen LogP contribution in [0.1, 0.15) is 29.6 Å². The Kier molecular flexibility index (Phi) is 4.13. The van der Waals surface area contributed by atoms with Crippen LogP contribution in [-0.4, -0.2) is 27.3 Å². The molecule has 1 N–H and O–H groups in total.